The van der Waals surface area contributed by atoms with E-state index in [1.165, 1.54) is 6.21 Å². The molecule has 2 N–H and O–H groups in total. The van der Waals surface area contributed by atoms with E-state index in [0.29, 0.717) is 23.5 Å². The number of aromatic nitrogens is 1. The highest BCUT2D eigenvalue weighted by Crippen LogP contribution is 2.29. The average Bonchev–Trinajstić information content (AvgIpc) is 2.25. The van der Waals surface area contributed by atoms with Crippen LogP contribution in [0.1, 0.15) is 17.0 Å². The predicted molar refractivity (Wildman–Crippen MR) is 68.1 cm³/mol. The standard InChI is InChI=1S/C12H19N3O2/c1-8-11(16)10(12(17)9(2)14-8)7-13-5-6-15(3)4/h7,16-17H,5-6H2,1-4H3. The smallest absolute Gasteiger partial charge is 0.149 e. The van der Waals surface area contributed by atoms with Crippen LogP contribution in [-0.2, 0) is 0 Å². The van der Waals surface area contributed by atoms with Crippen LogP contribution in [0.25, 0.3) is 0 Å². The number of nitrogens with zero attached hydrogens (tertiary/aromatic N) is 3. The lowest BCUT2D eigenvalue weighted by molar-refractivity contribution is 0.420. The van der Waals surface area contributed by atoms with Crippen LogP contribution in [0.3, 0.4) is 0 Å². The van der Waals surface area contributed by atoms with Gasteiger partial charge in [0.05, 0.1) is 23.5 Å². The van der Waals surface area contributed by atoms with Crippen LogP contribution in [0.2, 0.25) is 0 Å². The Morgan fingerprint density at radius 3 is 2.18 bits per heavy atom. The Hall–Kier alpha value is -1.62. The summed E-state index contributed by atoms with van der Waals surface area (Å²) < 4.78 is 0. The molecular weight excluding hydrogens is 218 g/mol. The molecule has 0 amide bonds. The van der Waals surface area contributed by atoms with E-state index < -0.39 is 0 Å². The summed E-state index contributed by atoms with van der Waals surface area (Å²) in [4.78, 5) is 10.2. The summed E-state index contributed by atoms with van der Waals surface area (Å²) >= 11 is 0. The van der Waals surface area contributed by atoms with Crippen molar-refractivity contribution in [2.45, 2.75) is 13.8 Å². The van der Waals surface area contributed by atoms with Gasteiger partial charge in [0.1, 0.15) is 11.5 Å². The van der Waals surface area contributed by atoms with Gasteiger partial charge in [0, 0.05) is 12.8 Å². The second-order valence-corrected chi connectivity index (χ2v) is 4.23. The highest BCUT2D eigenvalue weighted by atomic mass is 16.3. The van der Waals surface area contributed by atoms with Crippen molar-refractivity contribution in [1.82, 2.24) is 9.88 Å². The van der Waals surface area contributed by atoms with Crippen molar-refractivity contribution < 1.29 is 10.2 Å². The highest BCUT2D eigenvalue weighted by Gasteiger charge is 2.12. The van der Waals surface area contributed by atoms with Crippen LogP contribution in [0.15, 0.2) is 4.99 Å². The van der Waals surface area contributed by atoms with Crippen LogP contribution < -0.4 is 0 Å². The van der Waals surface area contributed by atoms with E-state index in [4.69, 9.17) is 0 Å². The van der Waals surface area contributed by atoms with Crippen molar-refractivity contribution in [3.63, 3.8) is 0 Å². The van der Waals surface area contributed by atoms with Crippen LogP contribution in [0, 0.1) is 13.8 Å². The van der Waals surface area contributed by atoms with Gasteiger partial charge in [0.25, 0.3) is 0 Å². The van der Waals surface area contributed by atoms with Gasteiger partial charge in [-0.15, -0.1) is 0 Å². The fraction of sp³-hybridized carbons (Fsp3) is 0.500. The molecule has 0 spiro atoms. The molecule has 17 heavy (non-hydrogen) atoms. The van der Waals surface area contributed by atoms with E-state index in [9.17, 15) is 10.2 Å². The zero-order valence-electron chi connectivity index (χ0n) is 10.7. The Bertz CT molecular complexity index is 402. The third-order valence-electron chi connectivity index (χ3n) is 2.43. The first-order valence-corrected chi connectivity index (χ1v) is 5.47. The first-order chi connectivity index (χ1) is 7.93. The van der Waals surface area contributed by atoms with E-state index in [0.717, 1.165) is 6.54 Å². The third-order valence-corrected chi connectivity index (χ3v) is 2.43. The van der Waals surface area contributed by atoms with Crippen molar-refractivity contribution in [1.29, 1.82) is 0 Å². The second-order valence-electron chi connectivity index (χ2n) is 4.23. The van der Waals surface area contributed by atoms with Gasteiger partial charge >= 0.3 is 0 Å². The zero-order valence-corrected chi connectivity index (χ0v) is 10.7. The molecule has 0 aliphatic carbocycles. The summed E-state index contributed by atoms with van der Waals surface area (Å²) in [6, 6.07) is 0. The number of hydrogen-bond acceptors (Lipinski definition) is 5. The largest absolute Gasteiger partial charge is 0.505 e. The number of likely N-dealkylation sites (N-methyl/N-ethyl adjacent to an activating group) is 1. The van der Waals surface area contributed by atoms with Crippen LogP contribution in [0.4, 0.5) is 0 Å². The normalized spacial score (nSPS) is 11.6. The van der Waals surface area contributed by atoms with Crippen molar-refractivity contribution >= 4 is 6.21 Å². The lowest BCUT2D eigenvalue weighted by Crippen LogP contribution is -2.15. The molecule has 0 aliphatic rings. The monoisotopic (exact) mass is 237 g/mol. The number of rotatable bonds is 4. The summed E-state index contributed by atoms with van der Waals surface area (Å²) in [6.45, 7) is 4.82. The molecule has 0 saturated heterocycles. The number of hydrogen-bond donors (Lipinski definition) is 2. The Balaban J connectivity index is 2.90. The van der Waals surface area contributed by atoms with Crippen molar-refractivity contribution in [2.24, 2.45) is 4.99 Å². The molecule has 0 aliphatic heterocycles. The Kier molecular flexibility index (Phi) is 4.45. The average molecular weight is 237 g/mol. The minimum atomic E-state index is -0.0123. The fourth-order valence-electron chi connectivity index (χ4n) is 1.40. The lowest BCUT2D eigenvalue weighted by atomic mass is 10.1. The molecule has 1 rings (SSSR count). The first-order valence-electron chi connectivity index (χ1n) is 5.47. The third kappa shape index (κ3) is 3.42. The Labute approximate surface area is 101 Å². The SMILES string of the molecule is Cc1nc(C)c(O)c(C=NCCN(C)C)c1O. The lowest BCUT2D eigenvalue weighted by Gasteiger charge is -2.08. The molecule has 0 aromatic carbocycles. The molecule has 0 bridgehead atoms. The Morgan fingerprint density at radius 1 is 1.18 bits per heavy atom. The van der Waals surface area contributed by atoms with Gasteiger partial charge in [-0.05, 0) is 27.9 Å². The number of aliphatic imine (C=N–C) groups is 1. The summed E-state index contributed by atoms with van der Waals surface area (Å²) in [7, 11) is 3.93. The molecular formula is C12H19N3O2. The molecule has 94 valence electrons. The van der Waals surface area contributed by atoms with Gasteiger partial charge in [0.2, 0.25) is 0 Å². The van der Waals surface area contributed by atoms with Crippen molar-refractivity contribution in [2.75, 3.05) is 27.2 Å². The van der Waals surface area contributed by atoms with E-state index in [-0.39, 0.29) is 11.5 Å². The van der Waals surface area contributed by atoms with Crippen molar-refractivity contribution in [3.05, 3.63) is 17.0 Å². The summed E-state index contributed by atoms with van der Waals surface area (Å²) in [5, 5.41) is 19.6. The van der Waals surface area contributed by atoms with Gasteiger partial charge in [-0.25, -0.2) is 0 Å². The highest BCUT2D eigenvalue weighted by molar-refractivity contribution is 5.87. The van der Waals surface area contributed by atoms with Gasteiger partial charge in [-0.3, -0.25) is 9.98 Å². The van der Waals surface area contributed by atoms with E-state index >= 15 is 0 Å². The van der Waals surface area contributed by atoms with E-state index in [2.05, 4.69) is 9.98 Å². The maximum atomic E-state index is 9.79. The molecule has 0 unspecified atom stereocenters. The van der Waals surface area contributed by atoms with Crippen molar-refractivity contribution in [3.8, 4) is 11.5 Å². The molecule has 0 fully saturated rings. The minimum absolute atomic E-state index is 0.0123. The predicted octanol–water partition coefficient (Wildman–Crippen LogP) is 1.09. The Morgan fingerprint density at radius 2 is 1.71 bits per heavy atom. The molecule has 0 saturated carbocycles. The number of pyridine rings is 1. The molecule has 5 nitrogen and oxygen atoms in total. The minimum Gasteiger partial charge on any atom is -0.505 e. The van der Waals surface area contributed by atoms with Crippen LogP contribution in [0.5, 0.6) is 11.5 Å². The fourth-order valence-corrected chi connectivity index (χ4v) is 1.40. The molecule has 0 atom stereocenters. The molecule has 0 radical (unpaired) electrons. The van der Waals surface area contributed by atoms with Gasteiger partial charge < -0.3 is 15.1 Å². The maximum absolute atomic E-state index is 9.79. The molecule has 1 aromatic heterocycles. The van der Waals surface area contributed by atoms with Crippen LogP contribution >= 0.6 is 0 Å². The maximum Gasteiger partial charge on any atom is 0.149 e. The molecule has 1 aromatic rings. The molecule has 5 heteroatoms. The van der Waals surface area contributed by atoms with Gasteiger partial charge in [-0.1, -0.05) is 0 Å². The quantitative estimate of drug-likeness (QED) is 0.769. The second kappa shape index (κ2) is 5.63. The number of aromatic hydroxyl groups is 2. The summed E-state index contributed by atoms with van der Waals surface area (Å²) in [5.41, 5.74) is 1.33. The first kappa shape index (κ1) is 13.4. The summed E-state index contributed by atoms with van der Waals surface area (Å²) in [6.07, 6.45) is 1.50. The van der Waals surface area contributed by atoms with Crippen LogP contribution in [-0.4, -0.2) is 53.5 Å². The van der Waals surface area contributed by atoms with E-state index in [1.54, 1.807) is 13.8 Å². The topological polar surface area (TPSA) is 69.0 Å². The van der Waals surface area contributed by atoms with Gasteiger partial charge in [-0.2, -0.15) is 0 Å². The summed E-state index contributed by atoms with van der Waals surface area (Å²) in [5.74, 6) is -0.0246. The molecule has 1 heterocycles. The number of aryl methyl sites for hydroxylation is 2. The van der Waals surface area contributed by atoms with E-state index in [1.807, 2.05) is 19.0 Å². The zero-order chi connectivity index (χ0) is 13.0. The van der Waals surface area contributed by atoms with Gasteiger partial charge in [0.15, 0.2) is 0 Å².